The Hall–Kier alpha value is -1.61. The summed E-state index contributed by atoms with van der Waals surface area (Å²) in [6, 6.07) is 10.8. The topological polar surface area (TPSA) is 66.5 Å². The van der Waals surface area contributed by atoms with E-state index in [1.807, 2.05) is 0 Å². The first kappa shape index (κ1) is 22.1. The van der Waals surface area contributed by atoms with Crippen LogP contribution in [0.15, 0.2) is 47.4 Å². The second kappa shape index (κ2) is 9.93. The first-order valence-electron chi connectivity index (χ1n) is 9.28. The molecule has 0 saturated carbocycles. The van der Waals surface area contributed by atoms with Gasteiger partial charge in [0.15, 0.2) is 0 Å². The summed E-state index contributed by atoms with van der Waals surface area (Å²) in [7, 11) is -3.62. The summed E-state index contributed by atoms with van der Waals surface area (Å²) in [6.45, 7) is 1.34. The quantitative estimate of drug-likeness (QED) is 0.611. The summed E-state index contributed by atoms with van der Waals surface area (Å²) >= 11 is 7.62. The van der Waals surface area contributed by atoms with Crippen molar-refractivity contribution >= 4 is 39.3 Å². The van der Waals surface area contributed by atoms with Crippen LogP contribution in [0.1, 0.15) is 28.8 Å². The monoisotopic (exact) mass is 456 g/mol. The molecule has 1 fully saturated rings. The van der Waals surface area contributed by atoms with E-state index in [0.717, 1.165) is 12.8 Å². The molecule has 5 nitrogen and oxygen atoms in total. The van der Waals surface area contributed by atoms with Gasteiger partial charge < -0.3 is 5.32 Å². The lowest BCUT2D eigenvalue weighted by molar-refractivity contribution is 0.0956. The Balaban J connectivity index is 1.57. The van der Waals surface area contributed by atoms with Crippen molar-refractivity contribution in [3.63, 3.8) is 0 Å². The van der Waals surface area contributed by atoms with Crippen LogP contribution in [-0.4, -0.2) is 44.0 Å². The largest absolute Gasteiger partial charge is 0.351 e. The SMILES string of the molecule is O=C(NCCSCc1ccccc1F)c1cc(S(=O)(=O)N2CCCC2)ccc1Cl. The van der Waals surface area contributed by atoms with E-state index in [1.54, 1.807) is 18.2 Å². The number of nitrogens with one attached hydrogen (secondary N) is 1. The number of rotatable bonds is 8. The molecule has 0 spiro atoms. The lowest BCUT2D eigenvalue weighted by atomic mass is 10.2. The number of halogens is 2. The molecule has 3 rings (SSSR count). The van der Waals surface area contributed by atoms with Gasteiger partial charge in [0.25, 0.3) is 5.91 Å². The zero-order valence-electron chi connectivity index (χ0n) is 15.7. The van der Waals surface area contributed by atoms with Crippen LogP contribution in [-0.2, 0) is 15.8 Å². The third-order valence-corrected chi connectivity index (χ3v) is 7.86. The molecule has 0 unspecified atom stereocenters. The lowest BCUT2D eigenvalue weighted by Gasteiger charge is -2.16. The van der Waals surface area contributed by atoms with E-state index in [4.69, 9.17) is 11.6 Å². The Morgan fingerprint density at radius 2 is 1.90 bits per heavy atom. The van der Waals surface area contributed by atoms with Gasteiger partial charge >= 0.3 is 0 Å². The molecule has 0 bridgehead atoms. The van der Waals surface area contributed by atoms with Gasteiger partial charge in [0.2, 0.25) is 10.0 Å². The summed E-state index contributed by atoms with van der Waals surface area (Å²) < 4.78 is 40.4. The van der Waals surface area contributed by atoms with Gasteiger partial charge in [-0.1, -0.05) is 29.8 Å². The van der Waals surface area contributed by atoms with Crippen LogP contribution in [0.2, 0.25) is 5.02 Å². The van der Waals surface area contributed by atoms with E-state index in [9.17, 15) is 17.6 Å². The van der Waals surface area contributed by atoms with Crippen LogP contribution in [0.3, 0.4) is 0 Å². The highest BCUT2D eigenvalue weighted by atomic mass is 35.5. The number of carbonyl (C=O) groups is 1. The average Bonchev–Trinajstić information content (AvgIpc) is 3.25. The lowest BCUT2D eigenvalue weighted by Crippen LogP contribution is -2.29. The van der Waals surface area contributed by atoms with E-state index >= 15 is 0 Å². The van der Waals surface area contributed by atoms with Crippen LogP contribution >= 0.6 is 23.4 Å². The third-order valence-electron chi connectivity index (χ3n) is 4.63. The third kappa shape index (κ3) is 5.51. The number of amides is 1. The Morgan fingerprint density at radius 3 is 2.62 bits per heavy atom. The van der Waals surface area contributed by atoms with Gasteiger partial charge in [-0.2, -0.15) is 16.1 Å². The summed E-state index contributed by atoms with van der Waals surface area (Å²) in [5, 5.41) is 2.94. The Morgan fingerprint density at radius 1 is 1.17 bits per heavy atom. The smallest absolute Gasteiger partial charge is 0.252 e. The number of nitrogens with zero attached hydrogens (tertiary/aromatic N) is 1. The highest BCUT2D eigenvalue weighted by Crippen LogP contribution is 2.25. The molecule has 1 heterocycles. The minimum Gasteiger partial charge on any atom is -0.351 e. The molecule has 1 aliphatic rings. The number of thioether (sulfide) groups is 1. The van der Waals surface area contributed by atoms with Crippen molar-refractivity contribution < 1.29 is 17.6 Å². The summed E-state index contributed by atoms with van der Waals surface area (Å²) in [5.41, 5.74) is 0.748. The molecule has 2 aromatic rings. The van der Waals surface area contributed by atoms with Crippen molar-refractivity contribution in [1.29, 1.82) is 0 Å². The summed E-state index contributed by atoms with van der Waals surface area (Å²) in [6.07, 6.45) is 1.68. The Bertz CT molecular complexity index is 979. The molecule has 0 aliphatic carbocycles. The van der Waals surface area contributed by atoms with E-state index < -0.39 is 15.9 Å². The van der Waals surface area contributed by atoms with Crippen molar-refractivity contribution in [3.05, 3.63) is 64.4 Å². The van der Waals surface area contributed by atoms with Crippen LogP contribution in [0.25, 0.3) is 0 Å². The van der Waals surface area contributed by atoms with Gasteiger partial charge in [0.05, 0.1) is 15.5 Å². The first-order valence-corrected chi connectivity index (χ1v) is 12.3. The van der Waals surface area contributed by atoms with Crippen molar-refractivity contribution in [2.75, 3.05) is 25.4 Å². The number of hydrogen-bond acceptors (Lipinski definition) is 4. The maximum Gasteiger partial charge on any atom is 0.252 e. The minimum atomic E-state index is -3.62. The van der Waals surface area contributed by atoms with Crippen molar-refractivity contribution in [3.8, 4) is 0 Å². The molecule has 2 aromatic carbocycles. The van der Waals surface area contributed by atoms with Gasteiger partial charge in [0, 0.05) is 31.1 Å². The normalized spacial score (nSPS) is 14.8. The van der Waals surface area contributed by atoms with Gasteiger partial charge in [-0.15, -0.1) is 0 Å². The van der Waals surface area contributed by atoms with Gasteiger partial charge in [-0.25, -0.2) is 12.8 Å². The highest BCUT2D eigenvalue weighted by Gasteiger charge is 2.28. The van der Waals surface area contributed by atoms with Crippen molar-refractivity contribution in [2.45, 2.75) is 23.5 Å². The fraction of sp³-hybridized carbons (Fsp3) is 0.350. The van der Waals surface area contributed by atoms with Crippen molar-refractivity contribution in [2.24, 2.45) is 0 Å². The predicted octanol–water partition coefficient (Wildman–Crippen LogP) is 3.93. The molecule has 0 radical (unpaired) electrons. The zero-order chi connectivity index (χ0) is 20.9. The maximum absolute atomic E-state index is 13.6. The van der Waals surface area contributed by atoms with Crippen LogP contribution in [0.5, 0.6) is 0 Å². The molecule has 1 aliphatic heterocycles. The molecule has 0 atom stereocenters. The van der Waals surface area contributed by atoms with E-state index in [0.29, 0.717) is 36.7 Å². The molecular weight excluding hydrogens is 435 g/mol. The summed E-state index contributed by atoms with van der Waals surface area (Å²) in [4.78, 5) is 12.6. The van der Waals surface area contributed by atoms with E-state index in [-0.39, 0.29) is 21.3 Å². The van der Waals surface area contributed by atoms with Crippen LogP contribution < -0.4 is 5.32 Å². The molecule has 9 heteroatoms. The molecule has 156 valence electrons. The van der Waals surface area contributed by atoms with Crippen LogP contribution in [0.4, 0.5) is 4.39 Å². The molecule has 1 saturated heterocycles. The van der Waals surface area contributed by atoms with Gasteiger partial charge in [0.1, 0.15) is 5.82 Å². The number of sulfonamides is 1. The van der Waals surface area contributed by atoms with Crippen LogP contribution in [0, 0.1) is 5.82 Å². The zero-order valence-corrected chi connectivity index (χ0v) is 18.1. The minimum absolute atomic E-state index is 0.0721. The van der Waals surface area contributed by atoms with Crippen molar-refractivity contribution in [1.82, 2.24) is 9.62 Å². The fourth-order valence-electron chi connectivity index (χ4n) is 3.05. The average molecular weight is 457 g/mol. The van der Waals surface area contributed by atoms with E-state index in [1.165, 1.54) is 40.3 Å². The fourth-order valence-corrected chi connectivity index (χ4v) is 5.64. The summed E-state index contributed by atoms with van der Waals surface area (Å²) in [5.74, 6) is 0.419. The second-order valence-corrected chi connectivity index (χ2v) is 10.1. The molecule has 0 aromatic heterocycles. The van der Waals surface area contributed by atoms with Gasteiger partial charge in [-0.05, 0) is 42.7 Å². The molecular formula is C20H22ClFN2O3S2. The first-order chi connectivity index (χ1) is 13.9. The number of hydrogen-bond donors (Lipinski definition) is 1. The maximum atomic E-state index is 13.6. The molecule has 1 N–H and O–H groups in total. The number of carbonyl (C=O) groups excluding carboxylic acids is 1. The molecule has 1 amide bonds. The van der Waals surface area contributed by atoms with Gasteiger partial charge in [-0.3, -0.25) is 4.79 Å². The Kier molecular flexibility index (Phi) is 7.56. The standard InChI is InChI=1S/C20H22ClFN2O3S2/c21-18-8-7-16(29(26,27)24-10-3-4-11-24)13-17(18)20(25)23-9-12-28-14-15-5-1-2-6-19(15)22/h1-2,5-8,13H,3-4,9-12,14H2,(H,23,25). The molecule has 29 heavy (non-hydrogen) atoms. The second-order valence-electron chi connectivity index (χ2n) is 6.65. The Labute approximate surface area is 179 Å². The highest BCUT2D eigenvalue weighted by molar-refractivity contribution is 7.98. The number of benzene rings is 2. The van der Waals surface area contributed by atoms with E-state index in [2.05, 4.69) is 5.32 Å². The predicted molar refractivity (Wildman–Crippen MR) is 114 cm³/mol.